The van der Waals surface area contributed by atoms with Gasteiger partial charge < -0.3 is 15.3 Å². The fourth-order valence-corrected chi connectivity index (χ4v) is 2.17. The summed E-state index contributed by atoms with van der Waals surface area (Å²) in [5, 5.41) is 25.7. The molecule has 0 saturated heterocycles. The number of allylic oxidation sites excluding steroid dienone is 4. The molecule has 0 aromatic carbocycles. The van der Waals surface area contributed by atoms with Crippen LogP contribution >= 0.6 is 0 Å². The van der Waals surface area contributed by atoms with Crippen molar-refractivity contribution in [3.8, 4) is 0 Å². The van der Waals surface area contributed by atoms with Crippen LogP contribution in [0.25, 0.3) is 0 Å². The average molecular weight is 496 g/mol. The fraction of sp³-hybridized carbons (Fsp3) is 0.765. The zero-order valence-electron chi connectivity index (χ0n) is 15.9. The molecule has 0 aliphatic heterocycles. The molecular formula is C17H37HfO3Si-. The minimum atomic E-state index is -1.01. The number of aliphatic hydroxyl groups is 3. The second-order valence-electron chi connectivity index (χ2n) is 6.73. The van der Waals surface area contributed by atoms with Crippen molar-refractivity contribution < 1.29 is 41.2 Å². The van der Waals surface area contributed by atoms with E-state index < -0.39 is 8.07 Å². The molecule has 0 saturated carbocycles. The second-order valence-corrected chi connectivity index (χ2v) is 11.8. The molecule has 0 radical (unpaired) electrons. The van der Waals surface area contributed by atoms with Gasteiger partial charge in [-0.15, -0.1) is 6.42 Å². The maximum atomic E-state index is 8.06. The first-order valence-electron chi connectivity index (χ1n) is 7.62. The van der Waals surface area contributed by atoms with Gasteiger partial charge in [0.15, 0.2) is 0 Å². The number of hydrogen-bond donors (Lipinski definition) is 3. The molecular weight excluding hydrogens is 459 g/mol. The Morgan fingerprint density at radius 1 is 0.864 bits per heavy atom. The van der Waals surface area contributed by atoms with Crippen molar-refractivity contribution >= 4 is 8.07 Å². The van der Waals surface area contributed by atoms with Gasteiger partial charge in [-0.3, -0.25) is 6.08 Å². The summed E-state index contributed by atoms with van der Waals surface area (Å²) in [6.07, 6.45) is 8.32. The van der Waals surface area contributed by atoms with E-state index in [1.54, 1.807) is 41.5 Å². The Morgan fingerprint density at radius 2 is 1.14 bits per heavy atom. The molecule has 22 heavy (non-hydrogen) atoms. The van der Waals surface area contributed by atoms with E-state index >= 15 is 0 Å². The summed E-state index contributed by atoms with van der Waals surface area (Å²) in [7, 11) is -1.01. The van der Waals surface area contributed by atoms with Crippen molar-refractivity contribution in [2.75, 3.05) is 0 Å². The van der Waals surface area contributed by atoms with Gasteiger partial charge in [-0.1, -0.05) is 19.6 Å². The molecule has 0 spiro atoms. The largest absolute Gasteiger partial charge is 0.394 e. The normalized spacial score (nSPS) is 12.4. The van der Waals surface area contributed by atoms with Crippen LogP contribution in [-0.4, -0.2) is 41.7 Å². The van der Waals surface area contributed by atoms with E-state index in [0.29, 0.717) is 0 Å². The van der Waals surface area contributed by atoms with Crippen molar-refractivity contribution in [3.05, 3.63) is 23.4 Å². The summed E-state index contributed by atoms with van der Waals surface area (Å²) >= 11 is 0. The van der Waals surface area contributed by atoms with Gasteiger partial charge in [-0.25, -0.2) is 11.3 Å². The van der Waals surface area contributed by atoms with Gasteiger partial charge in [0.25, 0.3) is 0 Å². The van der Waals surface area contributed by atoms with Crippen LogP contribution in [0.5, 0.6) is 0 Å². The third-order valence-corrected chi connectivity index (χ3v) is 3.46. The molecule has 0 bridgehead atoms. The van der Waals surface area contributed by atoms with Gasteiger partial charge in [0, 0.05) is 52.2 Å². The van der Waals surface area contributed by atoms with Gasteiger partial charge in [0.2, 0.25) is 0 Å². The molecule has 0 atom stereocenters. The third kappa shape index (κ3) is 42.8. The molecule has 5 heteroatoms. The number of aliphatic hydroxyl groups excluding tert-OH is 3. The van der Waals surface area contributed by atoms with Gasteiger partial charge in [0.05, 0.1) is 0 Å². The molecule has 0 aromatic heterocycles. The maximum Gasteiger partial charge on any atom is 0.0483 e. The molecule has 1 aliphatic rings. The Kier molecular flexibility index (Phi) is 24.5. The molecule has 0 amide bonds. The third-order valence-electron chi connectivity index (χ3n) is 1.50. The van der Waals surface area contributed by atoms with Crippen molar-refractivity contribution in [2.45, 2.75) is 85.9 Å². The number of rotatable bonds is 1. The summed E-state index contributed by atoms with van der Waals surface area (Å²) < 4.78 is 0. The van der Waals surface area contributed by atoms with Crippen LogP contribution in [0.15, 0.2) is 17.3 Å². The van der Waals surface area contributed by atoms with Crippen molar-refractivity contribution in [3.63, 3.8) is 0 Å². The van der Waals surface area contributed by atoms with Gasteiger partial charge in [0.1, 0.15) is 0 Å². The van der Waals surface area contributed by atoms with E-state index in [9.17, 15) is 0 Å². The zero-order chi connectivity index (χ0) is 17.6. The standard InChI is InChI=1S/C8H13Si.3C3H8O.Hf/c1-9(2,3)8-6-4-5-7-8;3*1-3(2)4;/h4,6H,5H2,1-3H3;3*3-4H,1-2H3;/q-1;;;;. The first-order valence-corrected chi connectivity index (χ1v) is 11.1. The van der Waals surface area contributed by atoms with Crippen LogP contribution in [0.2, 0.25) is 19.6 Å². The first kappa shape index (κ1) is 30.3. The Hall–Kier alpha value is 0.447. The summed E-state index contributed by atoms with van der Waals surface area (Å²) in [6, 6.07) is 0. The van der Waals surface area contributed by atoms with E-state index in [4.69, 9.17) is 15.3 Å². The monoisotopic (exact) mass is 497 g/mol. The van der Waals surface area contributed by atoms with Crippen molar-refractivity contribution in [2.24, 2.45) is 0 Å². The van der Waals surface area contributed by atoms with Gasteiger partial charge in [-0.2, -0.15) is 6.08 Å². The van der Waals surface area contributed by atoms with Gasteiger partial charge in [-0.05, 0) is 41.5 Å². The molecule has 0 fully saturated rings. The minimum Gasteiger partial charge on any atom is -0.394 e. The smallest absolute Gasteiger partial charge is 0.0483 e. The Balaban J connectivity index is -0.000000107. The molecule has 0 heterocycles. The predicted octanol–water partition coefficient (Wildman–Crippen LogP) is 3.71. The van der Waals surface area contributed by atoms with E-state index in [1.165, 1.54) is 5.20 Å². The van der Waals surface area contributed by atoms with Crippen LogP contribution in [0.3, 0.4) is 0 Å². The SMILES string of the molecule is CC(C)O.CC(C)O.CC(C)O.C[Si](C)(C)C1=[C-]CC=C1.[Hf]. The molecule has 1 aliphatic carbocycles. The molecule has 132 valence electrons. The Morgan fingerprint density at radius 3 is 1.23 bits per heavy atom. The Bertz CT molecular complexity index is 258. The average Bonchev–Trinajstić information content (AvgIpc) is 2.64. The maximum absolute atomic E-state index is 8.06. The van der Waals surface area contributed by atoms with Gasteiger partial charge >= 0.3 is 0 Å². The summed E-state index contributed by atoms with van der Waals surface area (Å²) in [4.78, 5) is 0. The fourth-order valence-electron chi connectivity index (χ4n) is 0.920. The summed E-state index contributed by atoms with van der Waals surface area (Å²) in [6.45, 7) is 17.4. The topological polar surface area (TPSA) is 60.7 Å². The van der Waals surface area contributed by atoms with E-state index in [0.717, 1.165) is 6.42 Å². The molecule has 0 aromatic rings. The second kappa shape index (κ2) is 17.8. The molecule has 0 unspecified atom stereocenters. The van der Waals surface area contributed by atoms with Crippen LogP contribution < -0.4 is 0 Å². The first-order chi connectivity index (χ1) is 9.30. The van der Waals surface area contributed by atoms with Crippen LogP contribution in [0, 0.1) is 6.08 Å². The molecule has 3 N–H and O–H groups in total. The van der Waals surface area contributed by atoms with E-state index in [2.05, 4.69) is 37.9 Å². The van der Waals surface area contributed by atoms with Crippen molar-refractivity contribution in [1.29, 1.82) is 0 Å². The van der Waals surface area contributed by atoms with Crippen LogP contribution in [-0.2, 0) is 25.8 Å². The van der Waals surface area contributed by atoms with Crippen LogP contribution in [0.1, 0.15) is 48.0 Å². The number of hydrogen-bond acceptors (Lipinski definition) is 3. The van der Waals surface area contributed by atoms with E-state index in [-0.39, 0.29) is 44.2 Å². The molecule has 3 nitrogen and oxygen atoms in total. The molecule has 1 rings (SSSR count). The summed E-state index contributed by atoms with van der Waals surface area (Å²) in [5.74, 6) is 0. The van der Waals surface area contributed by atoms with Crippen LogP contribution in [0.4, 0.5) is 0 Å². The minimum absolute atomic E-state index is 0. The zero-order valence-corrected chi connectivity index (χ0v) is 20.5. The van der Waals surface area contributed by atoms with Crippen molar-refractivity contribution in [1.82, 2.24) is 0 Å². The summed E-state index contributed by atoms with van der Waals surface area (Å²) in [5.41, 5.74) is 0. The van der Waals surface area contributed by atoms with E-state index in [1.807, 2.05) is 0 Å². The quantitative estimate of drug-likeness (QED) is 0.384. The predicted molar refractivity (Wildman–Crippen MR) is 95.9 cm³/mol. The Labute approximate surface area is 158 Å².